The zero-order valence-corrected chi connectivity index (χ0v) is 10.8. The van der Waals surface area contributed by atoms with Gasteiger partial charge in [-0.25, -0.2) is 9.89 Å². The number of nitrogens with one attached hydrogen (secondary N) is 1. The Morgan fingerprint density at radius 1 is 1.24 bits per heavy atom. The van der Waals surface area contributed by atoms with Crippen LogP contribution in [0.2, 0.25) is 0 Å². The summed E-state index contributed by atoms with van der Waals surface area (Å²) in [5.41, 5.74) is 0.922. The molecule has 2 N–H and O–H groups in total. The SMILES string of the molecule is O=C(O)[C@@H]1Cc2ccccc2N1C(=O)c1ccc(=O)[nH]n1. The summed E-state index contributed by atoms with van der Waals surface area (Å²) < 4.78 is 0. The standard InChI is InChI=1S/C14H11N3O4/c18-12-6-5-9(15-16-12)13(19)17-10-4-2-1-3-8(10)7-11(17)14(20)21/h1-6,11H,7H2,(H,16,18)(H,20,21)/t11-/m0/s1. The number of hydrogen-bond donors (Lipinski definition) is 2. The maximum Gasteiger partial charge on any atom is 0.327 e. The minimum atomic E-state index is -1.08. The fourth-order valence-corrected chi connectivity index (χ4v) is 2.42. The van der Waals surface area contributed by atoms with Crippen molar-refractivity contribution in [1.82, 2.24) is 10.2 Å². The van der Waals surface area contributed by atoms with Gasteiger partial charge in [-0.3, -0.25) is 14.5 Å². The summed E-state index contributed by atoms with van der Waals surface area (Å²) in [4.78, 5) is 36.1. The topological polar surface area (TPSA) is 103 Å². The highest BCUT2D eigenvalue weighted by molar-refractivity contribution is 6.09. The van der Waals surface area contributed by atoms with Gasteiger partial charge < -0.3 is 5.11 Å². The fraction of sp³-hybridized carbons (Fsp3) is 0.143. The van der Waals surface area contributed by atoms with E-state index < -0.39 is 23.5 Å². The first-order chi connectivity index (χ1) is 10.1. The number of aromatic nitrogens is 2. The first-order valence-corrected chi connectivity index (χ1v) is 6.28. The molecule has 0 saturated carbocycles. The van der Waals surface area contributed by atoms with Gasteiger partial charge in [0.2, 0.25) is 0 Å². The van der Waals surface area contributed by atoms with Crippen molar-refractivity contribution in [2.24, 2.45) is 0 Å². The number of hydrogen-bond acceptors (Lipinski definition) is 4. The summed E-state index contributed by atoms with van der Waals surface area (Å²) in [6.07, 6.45) is 0.251. The van der Waals surface area contributed by atoms with Crippen molar-refractivity contribution >= 4 is 17.6 Å². The zero-order valence-electron chi connectivity index (χ0n) is 10.8. The molecule has 0 radical (unpaired) electrons. The van der Waals surface area contributed by atoms with Gasteiger partial charge in [0.25, 0.3) is 11.5 Å². The first-order valence-electron chi connectivity index (χ1n) is 6.28. The Labute approximate surface area is 118 Å². The van der Waals surface area contributed by atoms with Crippen molar-refractivity contribution in [2.45, 2.75) is 12.5 Å². The molecule has 0 unspecified atom stereocenters. The van der Waals surface area contributed by atoms with E-state index in [1.807, 2.05) is 0 Å². The number of carboxylic acids is 1. The number of amides is 1. The van der Waals surface area contributed by atoms with E-state index in [-0.39, 0.29) is 12.1 Å². The van der Waals surface area contributed by atoms with E-state index in [9.17, 15) is 19.5 Å². The van der Waals surface area contributed by atoms with Gasteiger partial charge in [0.05, 0.1) is 0 Å². The molecular weight excluding hydrogens is 274 g/mol. The Hall–Kier alpha value is -2.96. The number of rotatable bonds is 2. The second-order valence-electron chi connectivity index (χ2n) is 4.67. The highest BCUT2D eigenvalue weighted by Gasteiger charge is 2.39. The van der Waals surface area contributed by atoms with Crippen molar-refractivity contribution in [3.8, 4) is 0 Å². The molecule has 1 aliphatic rings. The van der Waals surface area contributed by atoms with E-state index in [1.165, 1.54) is 17.0 Å². The third kappa shape index (κ3) is 2.18. The average molecular weight is 285 g/mol. The van der Waals surface area contributed by atoms with Crippen LogP contribution in [-0.4, -0.2) is 33.2 Å². The van der Waals surface area contributed by atoms with Gasteiger partial charge in [0, 0.05) is 18.2 Å². The predicted molar refractivity (Wildman–Crippen MR) is 73.2 cm³/mol. The number of carbonyl (C=O) groups excluding carboxylic acids is 1. The Morgan fingerprint density at radius 2 is 2.00 bits per heavy atom. The lowest BCUT2D eigenvalue weighted by atomic mass is 10.1. The van der Waals surface area contributed by atoms with Crippen LogP contribution in [0.1, 0.15) is 16.1 Å². The van der Waals surface area contributed by atoms with Crippen LogP contribution in [0.5, 0.6) is 0 Å². The number of nitrogens with zero attached hydrogens (tertiary/aromatic N) is 2. The molecular formula is C14H11N3O4. The van der Waals surface area contributed by atoms with Crippen LogP contribution in [0, 0.1) is 0 Å². The molecule has 1 aromatic carbocycles. The first kappa shape index (κ1) is 13.0. The second-order valence-corrected chi connectivity index (χ2v) is 4.67. The van der Waals surface area contributed by atoms with Crippen molar-refractivity contribution in [3.05, 3.63) is 58.0 Å². The number of aromatic amines is 1. The number of H-pyrrole nitrogens is 1. The highest BCUT2D eigenvalue weighted by atomic mass is 16.4. The monoisotopic (exact) mass is 285 g/mol. The summed E-state index contributed by atoms with van der Waals surface area (Å²) in [7, 11) is 0. The van der Waals surface area contributed by atoms with Crippen LogP contribution < -0.4 is 10.5 Å². The second kappa shape index (κ2) is 4.86. The molecule has 2 aromatic rings. The molecule has 7 heteroatoms. The van der Waals surface area contributed by atoms with Gasteiger partial charge in [-0.2, -0.15) is 5.10 Å². The number of para-hydroxylation sites is 1. The van der Waals surface area contributed by atoms with Gasteiger partial charge >= 0.3 is 5.97 Å². The summed E-state index contributed by atoms with van der Waals surface area (Å²) in [5, 5.41) is 15.2. The van der Waals surface area contributed by atoms with Gasteiger partial charge in [0.1, 0.15) is 11.7 Å². The van der Waals surface area contributed by atoms with E-state index in [1.54, 1.807) is 24.3 Å². The lowest BCUT2D eigenvalue weighted by Gasteiger charge is -2.21. The van der Waals surface area contributed by atoms with Crippen molar-refractivity contribution < 1.29 is 14.7 Å². The van der Waals surface area contributed by atoms with Crippen LogP contribution in [0.3, 0.4) is 0 Å². The summed E-state index contributed by atoms with van der Waals surface area (Å²) in [6, 6.07) is 8.51. The molecule has 0 aliphatic carbocycles. The Bertz CT molecular complexity index is 763. The molecule has 3 rings (SSSR count). The highest BCUT2D eigenvalue weighted by Crippen LogP contribution is 2.33. The van der Waals surface area contributed by atoms with E-state index in [4.69, 9.17) is 0 Å². The summed E-state index contributed by atoms with van der Waals surface area (Å²) >= 11 is 0. The average Bonchev–Trinajstić information content (AvgIpc) is 2.87. The lowest BCUT2D eigenvalue weighted by Crippen LogP contribution is -2.43. The molecule has 0 fully saturated rings. The van der Waals surface area contributed by atoms with Crippen molar-refractivity contribution in [2.75, 3.05) is 4.90 Å². The van der Waals surface area contributed by atoms with Gasteiger partial charge in [-0.1, -0.05) is 18.2 Å². The molecule has 2 heterocycles. The summed E-state index contributed by atoms with van der Waals surface area (Å²) in [6.45, 7) is 0. The number of fused-ring (bicyclic) bond motifs is 1. The minimum Gasteiger partial charge on any atom is -0.480 e. The number of aliphatic carboxylic acids is 1. The molecule has 7 nitrogen and oxygen atoms in total. The van der Waals surface area contributed by atoms with E-state index in [0.29, 0.717) is 5.69 Å². The maximum atomic E-state index is 12.5. The molecule has 1 aromatic heterocycles. The van der Waals surface area contributed by atoms with Crippen LogP contribution in [0.25, 0.3) is 0 Å². The zero-order chi connectivity index (χ0) is 15.0. The number of benzene rings is 1. The molecule has 0 bridgehead atoms. The van der Waals surface area contributed by atoms with E-state index in [2.05, 4.69) is 10.2 Å². The molecule has 1 amide bonds. The van der Waals surface area contributed by atoms with Crippen molar-refractivity contribution in [3.63, 3.8) is 0 Å². The van der Waals surface area contributed by atoms with Crippen LogP contribution >= 0.6 is 0 Å². The Morgan fingerprint density at radius 3 is 2.67 bits per heavy atom. The molecule has 0 spiro atoms. The van der Waals surface area contributed by atoms with Gasteiger partial charge in [-0.05, 0) is 17.7 Å². The quantitative estimate of drug-likeness (QED) is 0.832. The Kier molecular flexibility index (Phi) is 3.02. The molecule has 1 aliphatic heterocycles. The van der Waals surface area contributed by atoms with Gasteiger partial charge in [-0.15, -0.1) is 0 Å². The number of anilines is 1. The predicted octanol–water partition coefficient (Wildman–Crippen LogP) is 0.426. The smallest absolute Gasteiger partial charge is 0.327 e. The number of carboxylic acid groups (broad SMARTS) is 1. The minimum absolute atomic E-state index is 0.00227. The normalized spacial score (nSPS) is 16.6. The summed E-state index contributed by atoms with van der Waals surface area (Å²) in [5.74, 6) is -1.63. The van der Waals surface area contributed by atoms with Crippen LogP contribution in [-0.2, 0) is 11.2 Å². The molecule has 21 heavy (non-hydrogen) atoms. The number of carbonyl (C=O) groups is 2. The third-order valence-corrected chi connectivity index (χ3v) is 3.38. The fourth-order valence-electron chi connectivity index (χ4n) is 2.42. The van der Waals surface area contributed by atoms with E-state index in [0.717, 1.165) is 5.56 Å². The largest absolute Gasteiger partial charge is 0.480 e. The Balaban J connectivity index is 2.05. The molecule has 0 saturated heterocycles. The van der Waals surface area contributed by atoms with Crippen LogP contribution in [0.15, 0.2) is 41.2 Å². The third-order valence-electron chi connectivity index (χ3n) is 3.38. The molecule has 106 valence electrons. The van der Waals surface area contributed by atoms with E-state index >= 15 is 0 Å². The lowest BCUT2D eigenvalue weighted by molar-refractivity contribution is -0.138. The van der Waals surface area contributed by atoms with Crippen molar-refractivity contribution in [1.29, 1.82) is 0 Å². The van der Waals surface area contributed by atoms with Gasteiger partial charge in [0.15, 0.2) is 0 Å². The maximum absolute atomic E-state index is 12.5. The van der Waals surface area contributed by atoms with Crippen LogP contribution in [0.4, 0.5) is 5.69 Å². The molecule has 1 atom stereocenters.